The van der Waals surface area contributed by atoms with Crippen LogP contribution in [0, 0.1) is 0 Å². The normalized spacial score (nSPS) is 18.2. The SMILES string of the molecule is O=C(O)[C@@H]1CN(C(=O)c2ccc(-n3cnnn3)cc2)CCO1. The molecule has 2 aromatic rings. The van der Waals surface area contributed by atoms with Gasteiger partial charge in [-0.05, 0) is 34.7 Å². The Morgan fingerprint density at radius 2 is 2.05 bits per heavy atom. The van der Waals surface area contributed by atoms with Gasteiger partial charge in [0.15, 0.2) is 6.10 Å². The maximum Gasteiger partial charge on any atom is 0.334 e. The number of hydrogen-bond donors (Lipinski definition) is 1. The number of carbonyl (C=O) groups excluding carboxylic acids is 1. The van der Waals surface area contributed by atoms with E-state index in [-0.39, 0.29) is 19.1 Å². The van der Waals surface area contributed by atoms with E-state index >= 15 is 0 Å². The first-order valence-corrected chi connectivity index (χ1v) is 6.62. The number of carboxylic acids is 1. The Hall–Kier alpha value is -2.81. The van der Waals surface area contributed by atoms with Gasteiger partial charge in [-0.3, -0.25) is 4.79 Å². The summed E-state index contributed by atoms with van der Waals surface area (Å²) < 4.78 is 6.58. The molecule has 114 valence electrons. The van der Waals surface area contributed by atoms with Gasteiger partial charge < -0.3 is 14.7 Å². The highest BCUT2D eigenvalue weighted by Crippen LogP contribution is 2.13. The van der Waals surface area contributed by atoms with Gasteiger partial charge in [-0.2, -0.15) is 0 Å². The van der Waals surface area contributed by atoms with Crippen LogP contribution < -0.4 is 0 Å². The third-order valence-electron chi connectivity index (χ3n) is 3.36. The number of tetrazole rings is 1. The second-order valence-electron chi connectivity index (χ2n) is 4.75. The van der Waals surface area contributed by atoms with Gasteiger partial charge in [0.05, 0.1) is 18.8 Å². The quantitative estimate of drug-likeness (QED) is 0.820. The molecule has 3 rings (SSSR count). The number of ether oxygens (including phenoxy) is 1. The number of benzene rings is 1. The fourth-order valence-electron chi connectivity index (χ4n) is 2.20. The zero-order valence-electron chi connectivity index (χ0n) is 11.5. The van der Waals surface area contributed by atoms with Crippen LogP contribution in [-0.4, -0.2) is 67.9 Å². The number of carbonyl (C=O) groups is 2. The first-order valence-electron chi connectivity index (χ1n) is 6.62. The van der Waals surface area contributed by atoms with Crippen molar-refractivity contribution in [2.75, 3.05) is 19.7 Å². The largest absolute Gasteiger partial charge is 0.479 e. The van der Waals surface area contributed by atoms with Gasteiger partial charge in [0.25, 0.3) is 5.91 Å². The number of morpholine rings is 1. The van der Waals surface area contributed by atoms with Gasteiger partial charge >= 0.3 is 5.97 Å². The van der Waals surface area contributed by atoms with Crippen LogP contribution in [-0.2, 0) is 9.53 Å². The molecule has 1 aliphatic rings. The molecule has 0 radical (unpaired) electrons. The summed E-state index contributed by atoms with van der Waals surface area (Å²) in [7, 11) is 0. The van der Waals surface area contributed by atoms with Gasteiger partial charge in [-0.15, -0.1) is 5.10 Å². The summed E-state index contributed by atoms with van der Waals surface area (Å²) in [5, 5.41) is 19.8. The van der Waals surface area contributed by atoms with Gasteiger partial charge in [-0.25, -0.2) is 9.48 Å². The molecule has 0 aliphatic carbocycles. The third kappa shape index (κ3) is 2.79. The summed E-state index contributed by atoms with van der Waals surface area (Å²) in [4.78, 5) is 24.8. The molecule has 1 aliphatic heterocycles. The zero-order chi connectivity index (χ0) is 15.5. The summed E-state index contributed by atoms with van der Waals surface area (Å²) in [6, 6.07) is 6.76. The molecule has 1 fully saturated rings. The second kappa shape index (κ2) is 5.90. The highest BCUT2D eigenvalue weighted by atomic mass is 16.5. The molecule has 1 atom stereocenters. The van der Waals surface area contributed by atoms with Gasteiger partial charge in [0, 0.05) is 12.1 Å². The average Bonchev–Trinajstić information content (AvgIpc) is 3.09. The van der Waals surface area contributed by atoms with Crippen LogP contribution in [0.4, 0.5) is 0 Å². The van der Waals surface area contributed by atoms with Crippen molar-refractivity contribution in [3.8, 4) is 5.69 Å². The molecule has 0 saturated carbocycles. The maximum absolute atomic E-state index is 12.4. The zero-order valence-corrected chi connectivity index (χ0v) is 11.5. The molecule has 9 heteroatoms. The van der Waals surface area contributed by atoms with Crippen molar-refractivity contribution < 1.29 is 19.4 Å². The summed E-state index contributed by atoms with van der Waals surface area (Å²) in [5.41, 5.74) is 1.20. The summed E-state index contributed by atoms with van der Waals surface area (Å²) in [6.45, 7) is 0.631. The van der Waals surface area contributed by atoms with E-state index in [9.17, 15) is 9.59 Å². The Morgan fingerprint density at radius 3 is 2.68 bits per heavy atom. The molecule has 0 bridgehead atoms. The van der Waals surface area contributed by atoms with Crippen LogP contribution in [0.1, 0.15) is 10.4 Å². The molecule has 1 aromatic carbocycles. The van der Waals surface area contributed by atoms with E-state index in [2.05, 4.69) is 15.5 Å². The monoisotopic (exact) mass is 303 g/mol. The highest BCUT2D eigenvalue weighted by molar-refractivity contribution is 5.94. The van der Waals surface area contributed by atoms with E-state index in [1.807, 2.05) is 0 Å². The minimum absolute atomic E-state index is 0.0446. The molecule has 1 aromatic heterocycles. The highest BCUT2D eigenvalue weighted by Gasteiger charge is 2.29. The Balaban J connectivity index is 1.73. The molecule has 22 heavy (non-hydrogen) atoms. The predicted molar refractivity (Wildman–Crippen MR) is 72.4 cm³/mol. The van der Waals surface area contributed by atoms with Crippen molar-refractivity contribution in [2.24, 2.45) is 0 Å². The van der Waals surface area contributed by atoms with Crippen LogP contribution >= 0.6 is 0 Å². The summed E-state index contributed by atoms with van der Waals surface area (Å²) >= 11 is 0. The van der Waals surface area contributed by atoms with Crippen molar-refractivity contribution in [1.29, 1.82) is 0 Å². The van der Waals surface area contributed by atoms with Crippen LogP contribution in [0.2, 0.25) is 0 Å². The Morgan fingerprint density at radius 1 is 1.27 bits per heavy atom. The fraction of sp³-hybridized carbons (Fsp3) is 0.308. The molecule has 1 N–H and O–H groups in total. The lowest BCUT2D eigenvalue weighted by molar-refractivity contribution is -0.154. The van der Waals surface area contributed by atoms with E-state index in [1.165, 1.54) is 15.9 Å². The van der Waals surface area contributed by atoms with Crippen molar-refractivity contribution >= 4 is 11.9 Å². The summed E-state index contributed by atoms with van der Waals surface area (Å²) in [6.07, 6.45) is 0.481. The van der Waals surface area contributed by atoms with Crippen molar-refractivity contribution in [2.45, 2.75) is 6.10 Å². The van der Waals surface area contributed by atoms with E-state index in [0.717, 1.165) is 5.69 Å². The van der Waals surface area contributed by atoms with Gasteiger partial charge in [-0.1, -0.05) is 0 Å². The number of aliphatic carboxylic acids is 1. The molecule has 1 saturated heterocycles. The van der Waals surface area contributed by atoms with Crippen molar-refractivity contribution in [3.63, 3.8) is 0 Å². The Kier molecular flexibility index (Phi) is 3.79. The smallest absolute Gasteiger partial charge is 0.334 e. The topological polar surface area (TPSA) is 110 Å². The molecule has 1 amide bonds. The van der Waals surface area contributed by atoms with Crippen LogP contribution in [0.5, 0.6) is 0 Å². The molecule has 2 heterocycles. The average molecular weight is 303 g/mol. The van der Waals surface area contributed by atoms with E-state index in [1.54, 1.807) is 24.3 Å². The number of rotatable bonds is 3. The van der Waals surface area contributed by atoms with Gasteiger partial charge in [0.2, 0.25) is 0 Å². The van der Waals surface area contributed by atoms with Crippen LogP contribution in [0.15, 0.2) is 30.6 Å². The summed E-state index contributed by atoms with van der Waals surface area (Å²) in [5.74, 6) is -1.29. The van der Waals surface area contributed by atoms with Crippen LogP contribution in [0.25, 0.3) is 5.69 Å². The lowest BCUT2D eigenvalue weighted by atomic mass is 10.1. The van der Waals surface area contributed by atoms with E-state index < -0.39 is 12.1 Å². The number of hydrogen-bond acceptors (Lipinski definition) is 6. The van der Waals surface area contributed by atoms with Crippen molar-refractivity contribution in [1.82, 2.24) is 25.1 Å². The maximum atomic E-state index is 12.4. The minimum atomic E-state index is -1.06. The van der Waals surface area contributed by atoms with E-state index in [0.29, 0.717) is 12.1 Å². The van der Waals surface area contributed by atoms with Crippen molar-refractivity contribution in [3.05, 3.63) is 36.2 Å². The first kappa shape index (κ1) is 14.1. The Labute approximate surface area is 125 Å². The first-order chi connectivity index (χ1) is 10.6. The lowest BCUT2D eigenvalue weighted by Crippen LogP contribution is -2.48. The number of carboxylic acid groups (broad SMARTS) is 1. The molecule has 0 spiro atoms. The molecular formula is C13H13N5O4. The third-order valence-corrected chi connectivity index (χ3v) is 3.36. The number of aromatic nitrogens is 4. The number of amides is 1. The molecule has 0 unspecified atom stereocenters. The second-order valence-corrected chi connectivity index (χ2v) is 4.75. The fourth-order valence-corrected chi connectivity index (χ4v) is 2.20. The molecular weight excluding hydrogens is 290 g/mol. The van der Waals surface area contributed by atoms with Crippen LogP contribution in [0.3, 0.4) is 0 Å². The predicted octanol–water partition coefficient (Wildman–Crippen LogP) is -0.412. The molecule has 9 nitrogen and oxygen atoms in total. The van der Waals surface area contributed by atoms with Gasteiger partial charge in [0.1, 0.15) is 6.33 Å². The van der Waals surface area contributed by atoms with E-state index in [4.69, 9.17) is 9.84 Å². The Bertz CT molecular complexity index is 670. The minimum Gasteiger partial charge on any atom is -0.479 e. The number of nitrogens with zero attached hydrogens (tertiary/aromatic N) is 5. The standard InChI is InChI=1S/C13H13N5O4/c19-12(17-5-6-22-11(7-17)13(20)21)9-1-3-10(4-2-9)18-8-14-15-16-18/h1-4,8,11H,5-7H2,(H,20,21)/t11-/m0/s1. The lowest BCUT2D eigenvalue weighted by Gasteiger charge is -2.30.